The number of para-hydroxylation sites is 1. The Bertz CT molecular complexity index is 845. The molecule has 4 amide bonds. The first-order chi connectivity index (χ1) is 14.3. The predicted octanol–water partition coefficient (Wildman–Crippen LogP) is 1.98. The first-order valence-corrected chi connectivity index (χ1v) is 9.86. The summed E-state index contributed by atoms with van der Waals surface area (Å²) in [5.74, 6) is -1.84. The van der Waals surface area contributed by atoms with E-state index >= 15 is 0 Å². The molecule has 1 heterocycles. The molecule has 0 spiro atoms. The number of anilines is 1. The Morgan fingerprint density at radius 2 is 1.87 bits per heavy atom. The molecule has 160 valence electrons. The molecule has 0 bridgehead atoms. The summed E-state index contributed by atoms with van der Waals surface area (Å²) in [6.07, 6.45) is -0.238. The van der Waals surface area contributed by atoms with Crippen LogP contribution >= 0.6 is 0 Å². The van der Waals surface area contributed by atoms with Crippen molar-refractivity contribution in [3.8, 4) is 6.07 Å². The summed E-state index contributed by atoms with van der Waals surface area (Å²) in [6, 6.07) is 10.1. The smallest absolute Gasteiger partial charge is 0.327 e. The first-order valence-electron chi connectivity index (χ1n) is 9.86. The van der Waals surface area contributed by atoms with Gasteiger partial charge in [-0.25, -0.2) is 4.79 Å². The van der Waals surface area contributed by atoms with E-state index in [4.69, 9.17) is 10.00 Å². The molecule has 0 aliphatic carbocycles. The number of carbonyl (C=O) groups is 4. The minimum absolute atomic E-state index is 0.111. The van der Waals surface area contributed by atoms with Gasteiger partial charge in [-0.15, -0.1) is 0 Å². The van der Waals surface area contributed by atoms with Gasteiger partial charge in [0.1, 0.15) is 12.1 Å². The Labute approximate surface area is 175 Å². The molecule has 0 aromatic heterocycles. The third kappa shape index (κ3) is 4.76. The lowest BCUT2D eigenvalue weighted by Gasteiger charge is -2.25. The van der Waals surface area contributed by atoms with Crippen LogP contribution in [0.25, 0.3) is 0 Å². The minimum atomic E-state index is -1.15. The molecular formula is C21H26N4O5. The Morgan fingerprint density at radius 1 is 1.23 bits per heavy atom. The second-order valence-electron chi connectivity index (χ2n) is 6.98. The molecular weight excluding hydrogens is 388 g/mol. The number of esters is 1. The van der Waals surface area contributed by atoms with Crippen molar-refractivity contribution < 1.29 is 23.9 Å². The predicted molar refractivity (Wildman–Crippen MR) is 108 cm³/mol. The monoisotopic (exact) mass is 414 g/mol. The number of carbonyl (C=O) groups excluding carboxylic acids is 4. The Morgan fingerprint density at radius 3 is 2.40 bits per heavy atom. The van der Waals surface area contributed by atoms with E-state index < -0.39 is 42.0 Å². The zero-order valence-corrected chi connectivity index (χ0v) is 17.4. The normalized spacial score (nSPS) is 15.9. The number of hydrogen-bond donors (Lipinski definition) is 1. The Balaban J connectivity index is 2.05. The van der Waals surface area contributed by atoms with Crippen molar-refractivity contribution in [2.24, 2.45) is 0 Å². The van der Waals surface area contributed by atoms with Crippen molar-refractivity contribution in [3.05, 3.63) is 30.3 Å². The van der Waals surface area contributed by atoms with Gasteiger partial charge in [0.15, 0.2) is 6.10 Å². The molecule has 1 atom stereocenters. The van der Waals surface area contributed by atoms with Crippen molar-refractivity contribution in [2.75, 3.05) is 18.0 Å². The van der Waals surface area contributed by atoms with Gasteiger partial charge < -0.3 is 15.0 Å². The van der Waals surface area contributed by atoms with E-state index in [0.717, 1.165) is 4.90 Å². The number of rotatable bonds is 9. The van der Waals surface area contributed by atoms with Crippen LogP contribution in [0.2, 0.25) is 0 Å². The SMILES string of the molecule is CCC1(CC)NC(=O)N(CC(=O)OC(C)C(=O)N(CCC#N)c2ccccc2)C1=O. The highest BCUT2D eigenvalue weighted by Crippen LogP contribution is 2.25. The van der Waals surface area contributed by atoms with E-state index in [1.165, 1.54) is 11.8 Å². The standard InChI is InChI=1S/C21H26N4O5/c1-4-21(5-2)19(28)25(20(29)23-21)14-17(26)30-15(3)18(27)24(13-9-12-22)16-10-7-6-8-11-16/h6-8,10-11,15H,4-5,9,13-14H2,1-3H3,(H,23,29). The summed E-state index contributed by atoms with van der Waals surface area (Å²) in [6.45, 7) is 4.54. The van der Waals surface area contributed by atoms with E-state index in [2.05, 4.69) is 5.32 Å². The fourth-order valence-electron chi connectivity index (χ4n) is 3.32. The lowest BCUT2D eigenvalue weighted by molar-refractivity contribution is -0.156. The van der Waals surface area contributed by atoms with Crippen LogP contribution in [0.3, 0.4) is 0 Å². The lowest BCUT2D eigenvalue weighted by atomic mass is 9.93. The molecule has 2 rings (SSSR count). The fraction of sp³-hybridized carbons (Fsp3) is 0.476. The highest BCUT2D eigenvalue weighted by molar-refractivity contribution is 6.08. The minimum Gasteiger partial charge on any atom is -0.451 e. The molecule has 1 N–H and O–H groups in total. The number of nitrogens with zero attached hydrogens (tertiary/aromatic N) is 3. The number of benzene rings is 1. The molecule has 1 aromatic rings. The number of nitrogens with one attached hydrogen (secondary N) is 1. The second kappa shape index (κ2) is 9.87. The summed E-state index contributed by atoms with van der Waals surface area (Å²) in [7, 11) is 0. The van der Waals surface area contributed by atoms with Crippen LogP contribution in [-0.4, -0.2) is 53.4 Å². The Kier molecular flexibility index (Phi) is 7.53. The maximum Gasteiger partial charge on any atom is 0.327 e. The Hall–Kier alpha value is -3.41. The van der Waals surface area contributed by atoms with Crippen LogP contribution in [0.4, 0.5) is 10.5 Å². The summed E-state index contributed by atoms with van der Waals surface area (Å²) in [5.41, 5.74) is -0.439. The van der Waals surface area contributed by atoms with E-state index in [0.29, 0.717) is 18.5 Å². The molecule has 0 saturated carbocycles. The van der Waals surface area contributed by atoms with E-state index in [9.17, 15) is 19.2 Å². The topological polar surface area (TPSA) is 120 Å². The van der Waals surface area contributed by atoms with E-state index in [1.54, 1.807) is 44.2 Å². The van der Waals surface area contributed by atoms with Crippen molar-refractivity contribution in [1.82, 2.24) is 10.2 Å². The van der Waals surface area contributed by atoms with Gasteiger partial charge in [-0.3, -0.25) is 19.3 Å². The number of hydrogen-bond acceptors (Lipinski definition) is 6. The molecule has 9 nitrogen and oxygen atoms in total. The van der Waals surface area contributed by atoms with Gasteiger partial charge in [-0.05, 0) is 31.9 Å². The van der Waals surface area contributed by atoms with E-state index in [-0.39, 0.29) is 13.0 Å². The summed E-state index contributed by atoms with van der Waals surface area (Å²) < 4.78 is 5.20. The maximum absolute atomic E-state index is 12.8. The fourth-order valence-corrected chi connectivity index (χ4v) is 3.32. The molecule has 1 saturated heterocycles. The molecule has 1 unspecified atom stereocenters. The number of urea groups is 1. The maximum atomic E-state index is 12.8. The lowest BCUT2D eigenvalue weighted by Crippen LogP contribution is -2.46. The van der Waals surface area contributed by atoms with Crippen LogP contribution < -0.4 is 10.2 Å². The van der Waals surface area contributed by atoms with Crippen LogP contribution in [0.15, 0.2) is 30.3 Å². The van der Waals surface area contributed by atoms with Gasteiger partial charge in [0.05, 0.1) is 12.5 Å². The van der Waals surface area contributed by atoms with Gasteiger partial charge in [-0.1, -0.05) is 32.0 Å². The largest absolute Gasteiger partial charge is 0.451 e. The summed E-state index contributed by atoms with van der Waals surface area (Å²) in [4.78, 5) is 52.1. The van der Waals surface area contributed by atoms with Gasteiger partial charge in [0.2, 0.25) is 0 Å². The third-order valence-electron chi connectivity index (χ3n) is 5.18. The average molecular weight is 414 g/mol. The number of ether oxygens (including phenoxy) is 1. The second-order valence-corrected chi connectivity index (χ2v) is 6.98. The van der Waals surface area contributed by atoms with Crippen molar-refractivity contribution in [2.45, 2.75) is 51.7 Å². The average Bonchev–Trinajstić information content (AvgIpc) is 2.99. The van der Waals surface area contributed by atoms with Crippen LogP contribution in [-0.2, 0) is 19.1 Å². The highest BCUT2D eigenvalue weighted by Gasteiger charge is 2.49. The molecule has 1 aromatic carbocycles. The third-order valence-corrected chi connectivity index (χ3v) is 5.18. The number of imide groups is 1. The van der Waals surface area contributed by atoms with Crippen molar-refractivity contribution in [1.29, 1.82) is 5.26 Å². The molecule has 1 fully saturated rings. The molecule has 30 heavy (non-hydrogen) atoms. The van der Waals surface area contributed by atoms with Gasteiger partial charge in [-0.2, -0.15) is 5.26 Å². The molecule has 1 aliphatic rings. The van der Waals surface area contributed by atoms with Crippen molar-refractivity contribution in [3.63, 3.8) is 0 Å². The molecule has 9 heteroatoms. The van der Waals surface area contributed by atoms with Crippen LogP contribution in [0.1, 0.15) is 40.0 Å². The summed E-state index contributed by atoms with van der Waals surface area (Å²) >= 11 is 0. The van der Waals surface area contributed by atoms with E-state index in [1.807, 2.05) is 6.07 Å². The zero-order valence-electron chi connectivity index (χ0n) is 17.4. The quantitative estimate of drug-likeness (QED) is 0.487. The van der Waals surface area contributed by atoms with Gasteiger partial charge >= 0.3 is 12.0 Å². The molecule has 1 aliphatic heterocycles. The van der Waals surface area contributed by atoms with Crippen LogP contribution in [0, 0.1) is 11.3 Å². The van der Waals surface area contributed by atoms with Crippen LogP contribution in [0.5, 0.6) is 0 Å². The van der Waals surface area contributed by atoms with Gasteiger partial charge in [0, 0.05) is 12.2 Å². The first kappa shape index (κ1) is 22.9. The number of nitriles is 1. The zero-order chi connectivity index (χ0) is 22.3. The number of amides is 4. The summed E-state index contributed by atoms with van der Waals surface area (Å²) in [5, 5.41) is 11.5. The van der Waals surface area contributed by atoms with Crippen molar-refractivity contribution >= 4 is 29.5 Å². The highest BCUT2D eigenvalue weighted by atomic mass is 16.5. The van der Waals surface area contributed by atoms with Gasteiger partial charge in [0.25, 0.3) is 11.8 Å². The molecule has 0 radical (unpaired) electrons.